The van der Waals surface area contributed by atoms with Crippen molar-refractivity contribution < 1.29 is 34.4 Å². The van der Waals surface area contributed by atoms with Crippen LogP contribution in [0.15, 0.2) is 35.4 Å². The second kappa shape index (κ2) is 11.9. The molecule has 0 fully saturated rings. The molecule has 2 aliphatic rings. The highest BCUT2D eigenvalue weighted by Crippen LogP contribution is 2.51. The van der Waals surface area contributed by atoms with Gasteiger partial charge in [-0.15, -0.1) is 0 Å². The van der Waals surface area contributed by atoms with Gasteiger partial charge < -0.3 is 35.0 Å². The molecule has 1 aliphatic carbocycles. The van der Waals surface area contributed by atoms with Gasteiger partial charge in [0.2, 0.25) is 11.8 Å². The first kappa shape index (κ1) is 27.7. The van der Waals surface area contributed by atoms with E-state index < -0.39 is 30.1 Å². The van der Waals surface area contributed by atoms with Crippen molar-refractivity contribution in [2.75, 3.05) is 26.8 Å². The van der Waals surface area contributed by atoms with Crippen LogP contribution in [0, 0.1) is 5.92 Å². The summed E-state index contributed by atoms with van der Waals surface area (Å²) in [5.41, 5.74) is 2.36. The minimum atomic E-state index is -1.12. The number of rotatable bonds is 10. The molecule has 1 heterocycles. The zero-order chi connectivity index (χ0) is 26.6. The average Bonchev–Trinajstić information content (AvgIpc) is 3.22. The Balaban J connectivity index is 2.13. The van der Waals surface area contributed by atoms with Crippen LogP contribution in [-0.2, 0) is 16.2 Å². The fourth-order valence-corrected chi connectivity index (χ4v) is 4.75. The van der Waals surface area contributed by atoms with Crippen LogP contribution in [0.2, 0.25) is 0 Å². The first-order valence-electron chi connectivity index (χ1n) is 12.4. The number of nitrogens with zero attached hydrogens (tertiary/aromatic N) is 1. The maximum atomic E-state index is 13.3. The minimum Gasteiger partial charge on any atom is -0.493 e. The van der Waals surface area contributed by atoms with Crippen LogP contribution in [0.5, 0.6) is 11.5 Å². The van der Waals surface area contributed by atoms with E-state index in [1.165, 1.54) is 13.2 Å². The molecule has 198 valence electrons. The Kier molecular flexibility index (Phi) is 9.16. The van der Waals surface area contributed by atoms with Crippen molar-refractivity contribution in [3.05, 3.63) is 46.6 Å². The third-order valence-corrected chi connectivity index (χ3v) is 6.50. The number of fused-ring (bicyclic) bond motifs is 3. The van der Waals surface area contributed by atoms with E-state index in [9.17, 15) is 24.9 Å². The normalized spacial score (nSPS) is 22.2. The molecule has 1 aromatic carbocycles. The van der Waals surface area contributed by atoms with E-state index in [1.54, 1.807) is 23.1 Å². The lowest BCUT2D eigenvalue weighted by Crippen LogP contribution is -2.55. The molecule has 1 aromatic rings. The topological polar surface area (TPSA) is 129 Å². The third-order valence-electron chi connectivity index (χ3n) is 6.50. The van der Waals surface area contributed by atoms with Gasteiger partial charge in [0.15, 0.2) is 11.5 Å². The van der Waals surface area contributed by atoms with Gasteiger partial charge in [0.05, 0.1) is 32.3 Å². The van der Waals surface area contributed by atoms with E-state index in [4.69, 9.17) is 9.47 Å². The Morgan fingerprint density at radius 2 is 1.97 bits per heavy atom. The molecular weight excluding hydrogens is 464 g/mol. The quantitative estimate of drug-likeness (QED) is 0.358. The van der Waals surface area contributed by atoms with Crippen LogP contribution in [0.3, 0.4) is 0 Å². The Labute approximate surface area is 212 Å². The molecule has 4 N–H and O–H groups in total. The molecule has 0 bridgehead atoms. The number of hydrogen-bond donors (Lipinski definition) is 4. The van der Waals surface area contributed by atoms with Gasteiger partial charge in [-0.3, -0.25) is 9.59 Å². The number of benzene rings is 1. The predicted octanol–water partition coefficient (Wildman–Crippen LogP) is 1.65. The van der Waals surface area contributed by atoms with E-state index in [2.05, 4.69) is 19.2 Å². The summed E-state index contributed by atoms with van der Waals surface area (Å²) in [6.45, 7) is 7.77. The van der Waals surface area contributed by atoms with E-state index in [-0.39, 0.29) is 25.7 Å². The Bertz CT molecular complexity index is 1030. The van der Waals surface area contributed by atoms with Crippen LogP contribution in [0.25, 0.3) is 0 Å². The number of carbonyl (C=O) groups is 2. The highest BCUT2D eigenvalue weighted by atomic mass is 16.5. The molecule has 0 saturated heterocycles. The maximum absolute atomic E-state index is 13.3. The number of ether oxygens (including phenoxy) is 2. The molecule has 9 heteroatoms. The molecule has 0 saturated carbocycles. The Hall–Kier alpha value is -2.88. The monoisotopic (exact) mass is 502 g/mol. The summed E-state index contributed by atoms with van der Waals surface area (Å²) in [5, 5.41) is 33.3. The second-order valence-electron chi connectivity index (χ2n) is 9.95. The van der Waals surface area contributed by atoms with Crippen molar-refractivity contribution in [2.24, 2.45) is 5.92 Å². The predicted molar refractivity (Wildman–Crippen MR) is 135 cm³/mol. The number of amides is 2. The molecule has 36 heavy (non-hydrogen) atoms. The molecule has 4 unspecified atom stereocenters. The van der Waals surface area contributed by atoms with Crippen molar-refractivity contribution in [3.63, 3.8) is 0 Å². The van der Waals surface area contributed by atoms with Crippen LogP contribution >= 0.6 is 0 Å². The molecule has 0 radical (unpaired) electrons. The summed E-state index contributed by atoms with van der Waals surface area (Å²) in [6, 6.07) is 2.59. The smallest absolute Gasteiger partial charge is 0.247 e. The lowest BCUT2D eigenvalue weighted by molar-refractivity contribution is -0.132. The number of allylic oxidation sites excluding steroid dienone is 1. The molecule has 9 nitrogen and oxygen atoms in total. The number of methoxy groups -OCH3 is 1. The third kappa shape index (κ3) is 5.74. The van der Waals surface area contributed by atoms with Crippen molar-refractivity contribution >= 4 is 11.8 Å². The molecule has 1 aliphatic heterocycles. The van der Waals surface area contributed by atoms with Crippen molar-refractivity contribution in [3.8, 4) is 11.5 Å². The van der Waals surface area contributed by atoms with Gasteiger partial charge in [0.25, 0.3) is 0 Å². The van der Waals surface area contributed by atoms with Crippen molar-refractivity contribution in [1.82, 2.24) is 10.2 Å². The van der Waals surface area contributed by atoms with Gasteiger partial charge in [-0.2, -0.15) is 0 Å². The largest absolute Gasteiger partial charge is 0.493 e. The second-order valence-corrected chi connectivity index (χ2v) is 9.95. The highest BCUT2D eigenvalue weighted by Gasteiger charge is 2.51. The SMILES string of the molecule is COc1cc(CO)cc2c1OC1C2C(C(=O)NCCO)=CC(N(CCC(C)C)C(=O)C=C(C)C)C1O. The summed E-state index contributed by atoms with van der Waals surface area (Å²) in [7, 11) is 1.48. The zero-order valence-electron chi connectivity index (χ0n) is 21.7. The van der Waals surface area contributed by atoms with Gasteiger partial charge in [0.1, 0.15) is 12.2 Å². The molecule has 2 amide bonds. The molecular formula is C27H38N2O7. The highest BCUT2D eigenvalue weighted by molar-refractivity contribution is 5.96. The summed E-state index contributed by atoms with van der Waals surface area (Å²) in [6.07, 6.45) is 1.91. The number of carbonyl (C=O) groups excluding carboxylic acids is 2. The Morgan fingerprint density at radius 3 is 2.56 bits per heavy atom. The standard InChI is InChI=1S/C27H38N2O7/c1-15(2)6-8-29(22(32)10-16(3)4)20-13-19(27(34)28-7-9-30)23-18-11-17(14-31)12-21(35-5)25(18)36-26(23)24(20)33/h10-13,15,20,23-24,26,30-31,33H,6-9,14H2,1-5H3,(H,28,34). The van der Waals surface area contributed by atoms with Gasteiger partial charge in [-0.25, -0.2) is 0 Å². The first-order chi connectivity index (χ1) is 17.1. The van der Waals surface area contributed by atoms with E-state index in [0.29, 0.717) is 47.1 Å². The van der Waals surface area contributed by atoms with Crippen LogP contribution in [-0.4, -0.2) is 77.1 Å². The average molecular weight is 503 g/mol. The molecule has 3 rings (SSSR count). The fourth-order valence-electron chi connectivity index (χ4n) is 4.75. The molecule has 4 atom stereocenters. The lowest BCUT2D eigenvalue weighted by atomic mass is 9.77. The lowest BCUT2D eigenvalue weighted by Gasteiger charge is -2.40. The number of hydrogen-bond acceptors (Lipinski definition) is 7. The number of aliphatic hydroxyl groups is 3. The van der Waals surface area contributed by atoms with Gasteiger partial charge >= 0.3 is 0 Å². The summed E-state index contributed by atoms with van der Waals surface area (Å²) in [5.74, 6) is -0.197. The molecule has 0 aromatic heterocycles. The first-order valence-corrected chi connectivity index (χ1v) is 12.4. The van der Waals surface area contributed by atoms with E-state index in [0.717, 1.165) is 5.57 Å². The van der Waals surface area contributed by atoms with Crippen molar-refractivity contribution in [1.29, 1.82) is 0 Å². The summed E-state index contributed by atoms with van der Waals surface area (Å²) in [4.78, 5) is 28.1. The van der Waals surface area contributed by atoms with Gasteiger partial charge in [-0.05, 0) is 50.0 Å². The van der Waals surface area contributed by atoms with Crippen LogP contribution in [0.1, 0.15) is 51.2 Å². The van der Waals surface area contributed by atoms with E-state index >= 15 is 0 Å². The maximum Gasteiger partial charge on any atom is 0.247 e. The number of aliphatic hydroxyl groups excluding tert-OH is 3. The van der Waals surface area contributed by atoms with Crippen molar-refractivity contribution in [2.45, 2.75) is 64.9 Å². The fraction of sp³-hybridized carbons (Fsp3) is 0.556. The zero-order valence-corrected chi connectivity index (χ0v) is 21.7. The minimum absolute atomic E-state index is 0.0578. The van der Waals surface area contributed by atoms with Crippen LogP contribution in [0.4, 0.5) is 0 Å². The number of nitrogens with one attached hydrogen (secondary N) is 1. The van der Waals surface area contributed by atoms with E-state index in [1.807, 2.05) is 13.8 Å². The Morgan fingerprint density at radius 1 is 1.25 bits per heavy atom. The van der Waals surface area contributed by atoms with Gasteiger partial charge in [0, 0.05) is 30.3 Å². The summed E-state index contributed by atoms with van der Waals surface area (Å²) < 4.78 is 11.7. The molecule has 0 spiro atoms. The van der Waals surface area contributed by atoms with Gasteiger partial charge in [-0.1, -0.05) is 19.4 Å². The summed E-state index contributed by atoms with van der Waals surface area (Å²) >= 11 is 0. The van der Waals surface area contributed by atoms with Crippen LogP contribution < -0.4 is 14.8 Å².